The molecule has 19 heavy (non-hydrogen) atoms. The van der Waals surface area contributed by atoms with Crippen LogP contribution in [0, 0.1) is 0 Å². The molecule has 8 heteroatoms. The molecule has 0 aliphatic carbocycles. The highest BCUT2D eigenvalue weighted by molar-refractivity contribution is 5.94. The van der Waals surface area contributed by atoms with E-state index in [9.17, 15) is 9.59 Å². The molecule has 1 aromatic rings. The standard InChI is InChI=1S/C11H14N4O4/c1-2-3-14-6-8(12-13-14)10(16)15-4-5-19-7-9(15)11(17)18/h2,6,9H,1,3-5,7H2,(H,17,18). The third kappa shape index (κ3) is 2.79. The molecule has 2 rings (SSSR count). The molecule has 0 radical (unpaired) electrons. The number of aliphatic carboxylic acids is 1. The van der Waals surface area contributed by atoms with E-state index in [0.717, 1.165) is 0 Å². The number of rotatable bonds is 4. The lowest BCUT2D eigenvalue weighted by Crippen LogP contribution is -2.52. The van der Waals surface area contributed by atoms with Crippen molar-refractivity contribution in [3.05, 3.63) is 24.5 Å². The van der Waals surface area contributed by atoms with Gasteiger partial charge in [0.25, 0.3) is 5.91 Å². The summed E-state index contributed by atoms with van der Waals surface area (Å²) in [5.41, 5.74) is 0.120. The number of carbonyl (C=O) groups excluding carboxylic acids is 1. The fourth-order valence-corrected chi connectivity index (χ4v) is 1.82. The number of morpholine rings is 1. The minimum atomic E-state index is -1.09. The second-order valence-corrected chi connectivity index (χ2v) is 4.04. The normalized spacial score (nSPS) is 19.2. The van der Waals surface area contributed by atoms with Crippen molar-refractivity contribution in [1.29, 1.82) is 0 Å². The average Bonchev–Trinajstić information content (AvgIpc) is 2.87. The van der Waals surface area contributed by atoms with Gasteiger partial charge < -0.3 is 14.7 Å². The molecular weight excluding hydrogens is 252 g/mol. The van der Waals surface area contributed by atoms with Crippen LogP contribution < -0.4 is 0 Å². The highest BCUT2D eigenvalue weighted by Gasteiger charge is 2.34. The quantitative estimate of drug-likeness (QED) is 0.730. The second kappa shape index (κ2) is 5.61. The molecule has 1 saturated heterocycles. The molecule has 2 heterocycles. The smallest absolute Gasteiger partial charge is 0.328 e. The van der Waals surface area contributed by atoms with Gasteiger partial charge in [-0.15, -0.1) is 11.7 Å². The van der Waals surface area contributed by atoms with E-state index in [2.05, 4.69) is 16.9 Å². The van der Waals surface area contributed by atoms with E-state index in [-0.39, 0.29) is 18.8 Å². The third-order valence-electron chi connectivity index (χ3n) is 2.75. The van der Waals surface area contributed by atoms with Gasteiger partial charge in [-0.25, -0.2) is 9.48 Å². The fourth-order valence-electron chi connectivity index (χ4n) is 1.82. The van der Waals surface area contributed by atoms with Crippen molar-refractivity contribution in [3.63, 3.8) is 0 Å². The van der Waals surface area contributed by atoms with Gasteiger partial charge in [0.05, 0.1) is 26.0 Å². The lowest BCUT2D eigenvalue weighted by atomic mass is 10.2. The van der Waals surface area contributed by atoms with E-state index in [1.165, 1.54) is 15.8 Å². The molecular formula is C11H14N4O4. The van der Waals surface area contributed by atoms with E-state index in [0.29, 0.717) is 13.2 Å². The first-order chi connectivity index (χ1) is 9.13. The number of carboxylic acids is 1. The Kier molecular flexibility index (Phi) is 3.91. The van der Waals surface area contributed by atoms with Gasteiger partial charge in [0, 0.05) is 6.54 Å². The predicted octanol–water partition coefficient (Wildman–Crippen LogP) is -0.610. The SMILES string of the molecule is C=CCn1cc(C(=O)N2CCOCC2C(=O)O)nn1. The monoisotopic (exact) mass is 266 g/mol. The van der Waals surface area contributed by atoms with Crippen LogP contribution in [0.5, 0.6) is 0 Å². The van der Waals surface area contributed by atoms with Crippen molar-refractivity contribution < 1.29 is 19.4 Å². The Morgan fingerprint density at radius 3 is 3.11 bits per heavy atom. The summed E-state index contributed by atoms with van der Waals surface area (Å²) in [5.74, 6) is -1.54. The van der Waals surface area contributed by atoms with E-state index >= 15 is 0 Å². The second-order valence-electron chi connectivity index (χ2n) is 4.04. The molecule has 1 aliphatic heterocycles. The Labute approximate surface area is 109 Å². The summed E-state index contributed by atoms with van der Waals surface area (Å²) in [7, 11) is 0. The zero-order valence-corrected chi connectivity index (χ0v) is 10.2. The maximum atomic E-state index is 12.2. The first-order valence-electron chi connectivity index (χ1n) is 5.76. The molecule has 0 aromatic carbocycles. The van der Waals surface area contributed by atoms with Gasteiger partial charge in [-0.05, 0) is 0 Å². The highest BCUT2D eigenvalue weighted by Crippen LogP contribution is 2.11. The number of allylic oxidation sites excluding steroid dienone is 1. The topological polar surface area (TPSA) is 97.5 Å². The van der Waals surface area contributed by atoms with Gasteiger partial charge in [0.1, 0.15) is 0 Å². The average molecular weight is 266 g/mol. The first-order valence-corrected chi connectivity index (χ1v) is 5.76. The van der Waals surface area contributed by atoms with Crippen LogP contribution in [0.3, 0.4) is 0 Å². The molecule has 1 N–H and O–H groups in total. The van der Waals surface area contributed by atoms with Crippen molar-refractivity contribution in [2.24, 2.45) is 0 Å². The molecule has 1 atom stereocenters. The highest BCUT2D eigenvalue weighted by atomic mass is 16.5. The zero-order chi connectivity index (χ0) is 13.8. The Morgan fingerprint density at radius 2 is 2.42 bits per heavy atom. The lowest BCUT2D eigenvalue weighted by molar-refractivity contribution is -0.147. The number of nitrogens with zero attached hydrogens (tertiary/aromatic N) is 4. The summed E-state index contributed by atoms with van der Waals surface area (Å²) in [6.45, 7) is 4.52. The van der Waals surface area contributed by atoms with Crippen LogP contribution >= 0.6 is 0 Å². The summed E-state index contributed by atoms with van der Waals surface area (Å²) < 4.78 is 6.53. The van der Waals surface area contributed by atoms with Gasteiger partial charge in [0.2, 0.25) is 0 Å². The number of hydrogen-bond donors (Lipinski definition) is 1. The molecule has 1 aliphatic rings. The van der Waals surface area contributed by atoms with Crippen LogP contribution in [0.1, 0.15) is 10.5 Å². The minimum Gasteiger partial charge on any atom is -0.480 e. The van der Waals surface area contributed by atoms with Gasteiger partial charge >= 0.3 is 5.97 Å². The molecule has 0 saturated carbocycles. The summed E-state index contributed by atoms with van der Waals surface area (Å²) in [5, 5.41) is 16.6. The van der Waals surface area contributed by atoms with Gasteiger partial charge in [0.15, 0.2) is 11.7 Å². The van der Waals surface area contributed by atoms with E-state index < -0.39 is 17.9 Å². The molecule has 1 amide bonds. The summed E-state index contributed by atoms with van der Waals surface area (Å²) >= 11 is 0. The Morgan fingerprint density at radius 1 is 1.63 bits per heavy atom. The number of amides is 1. The van der Waals surface area contributed by atoms with Crippen molar-refractivity contribution in [2.75, 3.05) is 19.8 Å². The molecule has 1 aromatic heterocycles. The van der Waals surface area contributed by atoms with Crippen molar-refractivity contribution in [1.82, 2.24) is 19.9 Å². The van der Waals surface area contributed by atoms with Gasteiger partial charge in [-0.1, -0.05) is 11.3 Å². The van der Waals surface area contributed by atoms with Crippen LogP contribution in [0.4, 0.5) is 0 Å². The number of ether oxygens (including phenoxy) is 1. The number of hydrogen-bond acceptors (Lipinski definition) is 5. The molecule has 8 nitrogen and oxygen atoms in total. The lowest BCUT2D eigenvalue weighted by Gasteiger charge is -2.32. The zero-order valence-electron chi connectivity index (χ0n) is 10.2. The van der Waals surface area contributed by atoms with E-state index in [1.54, 1.807) is 6.08 Å². The van der Waals surface area contributed by atoms with E-state index in [4.69, 9.17) is 9.84 Å². The van der Waals surface area contributed by atoms with Crippen LogP contribution in [0.2, 0.25) is 0 Å². The minimum absolute atomic E-state index is 0.0120. The van der Waals surface area contributed by atoms with Crippen LogP contribution in [0.15, 0.2) is 18.9 Å². The van der Waals surface area contributed by atoms with E-state index in [1.807, 2.05) is 0 Å². The molecule has 1 fully saturated rings. The maximum absolute atomic E-state index is 12.2. The predicted molar refractivity (Wildman–Crippen MR) is 63.5 cm³/mol. The Hall–Kier alpha value is -2.22. The van der Waals surface area contributed by atoms with Crippen LogP contribution in [-0.2, 0) is 16.1 Å². The number of aromatic nitrogens is 3. The summed E-state index contributed by atoms with van der Waals surface area (Å²) in [4.78, 5) is 24.5. The number of carboxylic acid groups (broad SMARTS) is 1. The largest absolute Gasteiger partial charge is 0.480 e. The van der Waals surface area contributed by atoms with Crippen molar-refractivity contribution in [3.8, 4) is 0 Å². The molecule has 0 spiro atoms. The maximum Gasteiger partial charge on any atom is 0.328 e. The molecule has 1 unspecified atom stereocenters. The molecule has 0 bridgehead atoms. The first kappa shape index (κ1) is 13.2. The number of carbonyl (C=O) groups is 2. The Bertz CT molecular complexity index is 499. The van der Waals surface area contributed by atoms with Crippen molar-refractivity contribution in [2.45, 2.75) is 12.6 Å². The van der Waals surface area contributed by atoms with Crippen LogP contribution in [0.25, 0.3) is 0 Å². The summed E-state index contributed by atoms with van der Waals surface area (Å²) in [6, 6.07) is -0.981. The molecule has 102 valence electrons. The van der Waals surface area contributed by atoms with Crippen LogP contribution in [-0.4, -0.2) is 62.7 Å². The summed E-state index contributed by atoms with van der Waals surface area (Å²) in [6.07, 6.45) is 3.09. The van der Waals surface area contributed by atoms with Gasteiger partial charge in [-0.3, -0.25) is 4.79 Å². The van der Waals surface area contributed by atoms with Crippen molar-refractivity contribution >= 4 is 11.9 Å². The van der Waals surface area contributed by atoms with Gasteiger partial charge in [-0.2, -0.15) is 0 Å². The Balaban J connectivity index is 2.16. The fraction of sp³-hybridized carbons (Fsp3) is 0.455. The third-order valence-corrected chi connectivity index (χ3v) is 2.75.